The highest BCUT2D eigenvalue weighted by Crippen LogP contribution is 2.30. The van der Waals surface area contributed by atoms with Crippen LogP contribution in [0.3, 0.4) is 0 Å². The molecule has 2 aromatic rings. The van der Waals surface area contributed by atoms with Crippen molar-refractivity contribution >= 4 is 0 Å². The van der Waals surface area contributed by atoms with E-state index in [9.17, 15) is 5.11 Å². The molecule has 0 radical (unpaired) electrons. The molecule has 0 spiro atoms. The van der Waals surface area contributed by atoms with Gasteiger partial charge in [-0.05, 0) is 48.4 Å². The van der Waals surface area contributed by atoms with Crippen LogP contribution in [0.2, 0.25) is 0 Å². The predicted molar refractivity (Wildman–Crippen MR) is 109 cm³/mol. The Labute approximate surface area is 154 Å². The van der Waals surface area contributed by atoms with Gasteiger partial charge in [0.1, 0.15) is 5.75 Å². The molecule has 136 valence electrons. The Bertz CT molecular complexity index is 612. The van der Waals surface area contributed by atoms with E-state index in [1.807, 2.05) is 6.07 Å². The SMILES string of the molecule is CCCCCCc1ccc(-c2ccc(CCCCCC)cc2O)cc1. The zero-order chi connectivity index (χ0) is 17.9. The summed E-state index contributed by atoms with van der Waals surface area (Å²) >= 11 is 0. The van der Waals surface area contributed by atoms with Crippen LogP contribution in [0.4, 0.5) is 0 Å². The van der Waals surface area contributed by atoms with Crippen molar-refractivity contribution in [3.63, 3.8) is 0 Å². The summed E-state index contributed by atoms with van der Waals surface area (Å²) in [6, 6.07) is 14.9. The quantitative estimate of drug-likeness (QED) is 0.426. The van der Waals surface area contributed by atoms with E-state index in [0.717, 1.165) is 24.0 Å². The molecule has 0 heterocycles. The van der Waals surface area contributed by atoms with Gasteiger partial charge >= 0.3 is 0 Å². The van der Waals surface area contributed by atoms with Crippen molar-refractivity contribution in [2.75, 3.05) is 0 Å². The number of rotatable bonds is 11. The standard InChI is InChI=1S/C24H34O/c1-3-5-7-9-11-20-13-16-22(17-14-20)23-18-15-21(19-24(23)25)12-10-8-6-4-2/h13-19,25H,3-12H2,1-2H3. The van der Waals surface area contributed by atoms with Crippen LogP contribution in [0.1, 0.15) is 76.3 Å². The number of phenolic OH excluding ortho intramolecular Hbond substituents is 1. The lowest BCUT2D eigenvalue weighted by Crippen LogP contribution is -1.89. The molecule has 0 aliphatic rings. The van der Waals surface area contributed by atoms with E-state index < -0.39 is 0 Å². The minimum atomic E-state index is 0.406. The van der Waals surface area contributed by atoms with Crippen molar-refractivity contribution in [2.24, 2.45) is 0 Å². The highest BCUT2D eigenvalue weighted by Gasteiger charge is 2.06. The van der Waals surface area contributed by atoms with Gasteiger partial charge in [-0.15, -0.1) is 0 Å². The molecule has 2 rings (SSSR count). The predicted octanol–water partition coefficient (Wildman–Crippen LogP) is 7.30. The first-order valence-electron chi connectivity index (χ1n) is 10.2. The minimum absolute atomic E-state index is 0.406. The Balaban J connectivity index is 1.94. The van der Waals surface area contributed by atoms with Crippen LogP contribution in [0.15, 0.2) is 42.5 Å². The van der Waals surface area contributed by atoms with E-state index >= 15 is 0 Å². The van der Waals surface area contributed by atoms with E-state index in [0.29, 0.717) is 5.75 Å². The van der Waals surface area contributed by atoms with Gasteiger partial charge < -0.3 is 5.11 Å². The van der Waals surface area contributed by atoms with Crippen LogP contribution in [0.5, 0.6) is 5.75 Å². The molecule has 0 saturated carbocycles. The smallest absolute Gasteiger partial charge is 0.123 e. The first-order chi connectivity index (χ1) is 12.2. The molecule has 1 heteroatoms. The maximum atomic E-state index is 10.4. The fraction of sp³-hybridized carbons (Fsp3) is 0.500. The van der Waals surface area contributed by atoms with Gasteiger partial charge in [-0.3, -0.25) is 0 Å². The van der Waals surface area contributed by atoms with Gasteiger partial charge in [0.15, 0.2) is 0 Å². The van der Waals surface area contributed by atoms with Crippen LogP contribution in [-0.4, -0.2) is 5.11 Å². The highest BCUT2D eigenvalue weighted by atomic mass is 16.3. The second-order valence-electron chi connectivity index (χ2n) is 7.17. The maximum absolute atomic E-state index is 10.4. The van der Waals surface area contributed by atoms with E-state index in [2.05, 4.69) is 50.2 Å². The molecule has 1 N–H and O–H groups in total. The van der Waals surface area contributed by atoms with E-state index in [1.165, 1.54) is 62.5 Å². The summed E-state index contributed by atoms with van der Waals surface area (Å²) in [6.45, 7) is 4.48. The second-order valence-corrected chi connectivity index (χ2v) is 7.17. The van der Waals surface area contributed by atoms with Gasteiger partial charge in [0.2, 0.25) is 0 Å². The highest BCUT2D eigenvalue weighted by molar-refractivity contribution is 5.70. The van der Waals surface area contributed by atoms with Crippen LogP contribution in [-0.2, 0) is 12.8 Å². The summed E-state index contributed by atoms with van der Waals surface area (Å²) in [5.74, 6) is 0.406. The summed E-state index contributed by atoms with van der Waals surface area (Å²) < 4.78 is 0. The number of hydrogen-bond donors (Lipinski definition) is 1. The molecule has 0 bridgehead atoms. The van der Waals surface area contributed by atoms with E-state index in [1.54, 1.807) is 0 Å². The Morgan fingerprint density at radius 2 is 1.20 bits per heavy atom. The lowest BCUT2D eigenvalue weighted by Gasteiger charge is -2.09. The van der Waals surface area contributed by atoms with Gasteiger partial charge in [0.25, 0.3) is 0 Å². The lowest BCUT2D eigenvalue weighted by atomic mass is 9.98. The molecule has 0 aliphatic heterocycles. The summed E-state index contributed by atoms with van der Waals surface area (Å²) in [5.41, 5.74) is 4.68. The molecule has 0 fully saturated rings. The summed E-state index contributed by atoms with van der Waals surface area (Å²) in [5, 5.41) is 10.4. The van der Waals surface area contributed by atoms with Crippen molar-refractivity contribution in [1.29, 1.82) is 0 Å². The molecule has 0 aromatic heterocycles. The van der Waals surface area contributed by atoms with Crippen LogP contribution >= 0.6 is 0 Å². The van der Waals surface area contributed by atoms with Gasteiger partial charge in [0, 0.05) is 5.56 Å². The Kier molecular flexibility index (Phi) is 8.59. The molecule has 0 atom stereocenters. The number of hydrogen-bond acceptors (Lipinski definition) is 1. The molecular formula is C24H34O. The fourth-order valence-electron chi connectivity index (χ4n) is 3.34. The van der Waals surface area contributed by atoms with Gasteiger partial charge in [0.05, 0.1) is 0 Å². The number of benzene rings is 2. The molecule has 0 unspecified atom stereocenters. The molecule has 2 aromatic carbocycles. The molecule has 0 saturated heterocycles. The third kappa shape index (κ3) is 6.57. The summed E-state index contributed by atoms with van der Waals surface area (Å²) in [6.07, 6.45) is 12.5. The lowest BCUT2D eigenvalue weighted by molar-refractivity contribution is 0.476. The number of unbranched alkanes of at least 4 members (excludes halogenated alkanes) is 6. The molecular weight excluding hydrogens is 304 g/mol. The average Bonchev–Trinajstić information content (AvgIpc) is 2.63. The molecule has 1 nitrogen and oxygen atoms in total. The first-order valence-corrected chi connectivity index (χ1v) is 10.2. The maximum Gasteiger partial charge on any atom is 0.123 e. The van der Waals surface area contributed by atoms with Gasteiger partial charge in [-0.2, -0.15) is 0 Å². The number of phenols is 1. The van der Waals surface area contributed by atoms with Gasteiger partial charge in [-0.1, -0.05) is 88.8 Å². The average molecular weight is 339 g/mol. The minimum Gasteiger partial charge on any atom is -0.507 e. The van der Waals surface area contributed by atoms with Gasteiger partial charge in [-0.25, -0.2) is 0 Å². The third-order valence-corrected chi connectivity index (χ3v) is 4.97. The molecule has 0 aliphatic carbocycles. The zero-order valence-electron chi connectivity index (χ0n) is 16.1. The normalized spacial score (nSPS) is 11.0. The third-order valence-electron chi connectivity index (χ3n) is 4.97. The van der Waals surface area contributed by atoms with E-state index in [-0.39, 0.29) is 0 Å². The Morgan fingerprint density at radius 3 is 1.76 bits per heavy atom. The van der Waals surface area contributed by atoms with Crippen LogP contribution in [0, 0.1) is 0 Å². The number of aromatic hydroxyl groups is 1. The van der Waals surface area contributed by atoms with Crippen molar-refractivity contribution in [1.82, 2.24) is 0 Å². The van der Waals surface area contributed by atoms with Crippen molar-refractivity contribution in [2.45, 2.75) is 78.1 Å². The van der Waals surface area contributed by atoms with Crippen molar-refractivity contribution in [3.05, 3.63) is 53.6 Å². The molecule has 0 amide bonds. The Hall–Kier alpha value is -1.76. The monoisotopic (exact) mass is 338 g/mol. The number of aryl methyl sites for hydroxylation is 2. The fourth-order valence-corrected chi connectivity index (χ4v) is 3.34. The van der Waals surface area contributed by atoms with E-state index in [4.69, 9.17) is 0 Å². The Morgan fingerprint density at radius 1 is 0.640 bits per heavy atom. The van der Waals surface area contributed by atoms with Crippen molar-refractivity contribution < 1.29 is 5.11 Å². The first kappa shape index (κ1) is 19.6. The topological polar surface area (TPSA) is 20.2 Å². The van der Waals surface area contributed by atoms with Crippen LogP contribution < -0.4 is 0 Å². The largest absolute Gasteiger partial charge is 0.507 e. The molecule has 25 heavy (non-hydrogen) atoms. The second kappa shape index (κ2) is 11.0. The summed E-state index contributed by atoms with van der Waals surface area (Å²) in [7, 11) is 0. The van der Waals surface area contributed by atoms with Crippen molar-refractivity contribution in [3.8, 4) is 16.9 Å². The summed E-state index contributed by atoms with van der Waals surface area (Å²) in [4.78, 5) is 0. The van der Waals surface area contributed by atoms with Crippen LogP contribution in [0.25, 0.3) is 11.1 Å². The zero-order valence-corrected chi connectivity index (χ0v) is 16.1.